The molecule has 0 saturated carbocycles. The lowest BCUT2D eigenvalue weighted by Gasteiger charge is -2.02. The van der Waals surface area contributed by atoms with Crippen LogP contribution in [-0.4, -0.2) is 6.54 Å². The second kappa shape index (κ2) is 6.50. The van der Waals surface area contributed by atoms with Gasteiger partial charge in [0.1, 0.15) is 0 Å². The first-order chi connectivity index (χ1) is 5.74. The zero-order valence-corrected chi connectivity index (χ0v) is 9.64. The lowest BCUT2D eigenvalue weighted by Crippen LogP contribution is -2.11. The molecule has 0 atom stereocenters. The number of hydrogen-bond acceptors (Lipinski definition) is 1. The molecule has 0 aliphatic rings. The third kappa shape index (κ3) is 4.19. The van der Waals surface area contributed by atoms with Crippen LogP contribution in [0, 0.1) is 0 Å². The van der Waals surface area contributed by atoms with Gasteiger partial charge in [0.05, 0.1) is 10.0 Å². The monoisotopic (exact) mass is 239 g/mol. The predicted octanol–water partition coefficient (Wildman–Crippen LogP) is 3.52. The summed E-state index contributed by atoms with van der Waals surface area (Å²) in [4.78, 5) is 0. The fourth-order valence-electron chi connectivity index (χ4n) is 0.919. The highest BCUT2D eigenvalue weighted by molar-refractivity contribution is 6.42. The van der Waals surface area contributed by atoms with Crippen molar-refractivity contribution in [1.82, 2.24) is 5.32 Å². The minimum absolute atomic E-state index is 0. The Morgan fingerprint density at radius 1 is 1.23 bits per heavy atom. The molecule has 1 aromatic carbocycles. The summed E-state index contributed by atoms with van der Waals surface area (Å²) < 4.78 is 0. The highest BCUT2D eigenvalue weighted by atomic mass is 35.5. The first kappa shape index (κ1) is 13.1. The van der Waals surface area contributed by atoms with E-state index in [0.717, 1.165) is 18.7 Å². The van der Waals surface area contributed by atoms with E-state index in [2.05, 4.69) is 12.2 Å². The molecule has 0 fully saturated rings. The lowest BCUT2D eigenvalue weighted by atomic mass is 10.2. The van der Waals surface area contributed by atoms with Crippen LogP contribution in [0.1, 0.15) is 12.5 Å². The van der Waals surface area contributed by atoms with Crippen LogP contribution in [0.25, 0.3) is 0 Å². The highest BCUT2D eigenvalue weighted by Gasteiger charge is 1.97. The van der Waals surface area contributed by atoms with Gasteiger partial charge in [-0.1, -0.05) is 36.2 Å². The Morgan fingerprint density at radius 2 is 1.92 bits per heavy atom. The summed E-state index contributed by atoms with van der Waals surface area (Å²) in [5.74, 6) is 0. The molecule has 1 nitrogen and oxygen atoms in total. The van der Waals surface area contributed by atoms with Crippen molar-refractivity contribution in [2.75, 3.05) is 6.54 Å². The Morgan fingerprint density at radius 3 is 2.46 bits per heavy atom. The van der Waals surface area contributed by atoms with Crippen LogP contribution in [-0.2, 0) is 6.54 Å². The molecule has 0 saturated heterocycles. The van der Waals surface area contributed by atoms with Crippen LogP contribution in [0.5, 0.6) is 0 Å². The summed E-state index contributed by atoms with van der Waals surface area (Å²) in [6.07, 6.45) is 0. The topological polar surface area (TPSA) is 12.0 Å². The standard InChI is InChI=1S/C9H11Cl2N.ClH/c1-2-12-6-7-3-4-8(10)9(11)5-7;/h3-5,12H,2,6H2,1H3;1H. The molecular formula is C9H12Cl3N. The normalized spacial score (nSPS) is 9.46. The van der Waals surface area contributed by atoms with Crippen LogP contribution in [0.2, 0.25) is 10.0 Å². The molecule has 13 heavy (non-hydrogen) atoms. The van der Waals surface area contributed by atoms with E-state index in [0.29, 0.717) is 10.0 Å². The zero-order valence-electron chi connectivity index (χ0n) is 7.31. The molecule has 0 spiro atoms. The van der Waals surface area contributed by atoms with Crippen molar-refractivity contribution in [3.8, 4) is 0 Å². The lowest BCUT2D eigenvalue weighted by molar-refractivity contribution is 0.727. The number of nitrogens with one attached hydrogen (secondary N) is 1. The van der Waals surface area contributed by atoms with E-state index in [9.17, 15) is 0 Å². The number of benzene rings is 1. The van der Waals surface area contributed by atoms with Crippen LogP contribution >= 0.6 is 35.6 Å². The molecule has 0 aliphatic carbocycles. The summed E-state index contributed by atoms with van der Waals surface area (Å²) in [5.41, 5.74) is 1.16. The Balaban J connectivity index is 0.00000144. The minimum Gasteiger partial charge on any atom is -0.313 e. The minimum atomic E-state index is 0. The molecule has 0 unspecified atom stereocenters. The van der Waals surface area contributed by atoms with Gasteiger partial charge < -0.3 is 5.32 Å². The van der Waals surface area contributed by atoms with Crippen LogP contribution in [0.4, 0.5) is 0 Å². The second-order valence-corrected chi connectivity index (χ2v) is 3.34. The fraction of sp³-hybridized carbons (Fsp3) is 0.333. The molecular weight excluding hydrogens is 228 g/mol. The molecule has 1 N–H and O–H groups in total. The van der Waals surface area contributed by atoms with Crippen molar-refractivity contribution >= 4 is 35.6 Å². The molecule has 74 valence electrons. The maximum Gasteiger partial charge on any atom is 0.0595 e. The van der Waals surface area contributed by atoms with Gasteiger partial charge in [0, 0.05) is 6.54 Å². The van der Waals surface area contributed by atoms with Crippen LogP contribution < -0.4 is 5.32 Å². The van der Waals surface area contributed by atoms with Gasteiger partial charge in [-0.3, -0.25) is 0 Å². The van der Waals surface area contributed by atoms with E-state index in [4.69, 9.17) is 23.2 Å². The van der Waals surface area contributed by atoms with Crippen molar-refractivity contribution in [3.05, 3.63) is 33.8 Å². The average Bonchev–Trinajstić information content (AvgIpc) is 2.07. The SMILES string of the molecule is CCNCc1ccc(Cl)c(Cl)c1.Cl. The van der Waals surface area contributed by atoms with E-state index in [-0.39, 0.29) is 12.4 Å². The molecule has 1 aromatic rings. The molecule has 0 aromatic heterocycles. The smallest absolute Gasteiger partial charge is 0.0595 e. The fourth-order valence-corrected chi connectivity index (χ4v) is 1.24. The van der Waals surface area contributed by atoms with Crippen molar-refractivity contribution in [2.24, 2.45) is 0 Å². The molecule has 0 aliphatic heterocycles. The Kier molecular flexibility index (Phi) is 6.52. The number of hydrogen-bond donors (Lipinski definition) is 1. The Hall–Kier alpha value is 0.0500. The summed E-state index contributed by atoms with van der Waals surface area (Å²) in [6, 6.07) is 5.67. The largest absolute Gasteiger partial charge is 0.313 e. The van der Waals surface area contributed by atoms with Gasteiger partial charge in [-0.05, 0) is 24.2 Å². The summed E-state index contributed by atoms with van der Waals surface area (Å²) in [5, 5.41) is 4.44. The van der Waals surface area contributed by atoms with E-state index < -0.39 is 0 Å². The summed E-state index contributed by atoms with van der Waals surface area (Å²) in [7, 11) is 0. The van der Waals surface area contributed by atoms with E-state index in [1.807, 2.05) is 18.2 Å². The van der Waals surface area contributed by atoms with E-state index in [1.54, 1.807) is 0 Å². The number of rotatable bonds is 3. The first-order valence-electron chi connectivity index (χ1n) is 3.88. The quantitative estimate of drug-likeness (QED) is 0.852. The third-order valence-electron chi connectivity index (χ3n) is 1.56. The third-order valence-corrected chi connectivity index (χ3v) is 2.30. The van der Waals surface area contributed by atoms with Crippen LogP contribution in [0.3, 0.4) is 0 Å². The van der Waals surface area contributed by atoms with Gasteiger partial charge in [-0.25, -0.2) is 0 Å². The zero-order chi connectivity index (χ0) is 8.97. The van der Waals surface area contributed by atoms with Crippen molar-refractivity contribution in [3.63, 3.8) is 0 Å². The molecule has 0 radical (unpaired) electrons. The second-order valence-electron chi connectivity index (χ2n) is 2.53. The van der Waals surface area contributed by atoms with E-state index in [1.165, 1.54) is 0 Å². The first-order valence-corrected chi connectivity index (χ1v) is 4.64. The summed E-state index contributed by atoms with van der Waals surface area (Å²) in [6.45, 7) is 3.87. The van der Waals surface area contributed by atoms with Gasteiger partial charge in [0.25, 0.3) is 0 Å². The number of halogens is 3. The Labute approximate surface area is 94.8 Å². The van der Waals surface area contributed by atoms with Gasteiger partial charge in [0.15, 0.2) is 0 Å². The van der Waals surface area contributed by atoms with Crippen molar-refractivity contribution < 1.29 is 0 Å². The maximum absolute atomic E-state index is 5.83. The van der Waals surface area contributed by atoms with Crippen LogP contribution in [0.15, 0.2) is 18.2 Å². The Bertz CT molecular complexity index is 263. The van der Waals surface area contributed by atoms with Gasteiger partial charge >= 0.3 is 0 Å². The highest BCUT2D eigenvalue weighted by Crippen LogP contribution is 2.22. The van der Waals surface area contributed by atoms with Crippen molar-refractivity contribution in [2.45, 2.75) is 13.5 Å². The molecule has 0 bridgehead atoms. The van der Waals surface area contributed by atoms with Gasteiger partial charge in [0.2, 0.25) is 0 Å². The molecule has 4 heteroatoms. The molecule has 1 rings (SSSR count). The van der Waals surface area contributed by atoms with E-state index >= 15 is 0 Å². The maximum atomic E-state index is 5.83. The molecule has 0 heterocycles. The summed E-state index contributed by atoms with van der Waals surface area (Å²) >= 11 is 11.6. The molecule has 0 amide bonds. The van der Waals surface area contributed by atoms with Gasteiger partial charge in [-0.2, -0.15) is 0 Å². The average molecular weight is 241 g/mol. The van der Waals surface area contributed by atoms with Gasteiger partial charge in [-0.15, -0.1) is 12.4 Å². The predicted molar refractivity (Wildman–Crippen MR) is 61.1 cm³/mol. The van der Waals surface area contributed by atoms with Crippen molar-refractivity contribution in [1.29, 1.82) is 0 Å².